The van der Waals surface area contributed by atoms with Gasteiger partial charge in [0.1, 0.15) is 12.4 Å². The molecule has 0 saturated heterocycles. The maximum absolute atomic E-state index is 5.96. The summed E-state index contributed by atoms with van der Waals surface area (Å²) >= 11 is 0. The number of rotatable bonds is 3. The van der Waals surface area contributed by atoms with Crippen LogP contribution in [0.5, 0.6) is 5.75 Å². The molecule has 1 aromatic heterocycles. The Balaban J connectivity index is 1.90. The largest absolute Gasteiger partial charge is 0.481 e. The summed E-state index contributed by atoms with van der Waals surface area (Å²) in [7, 11) is 0. The van der Waals surface area contributed by atoms with Crippen LogP contribution in [-0.4, -0.2) is 22.1 Å². The highest BCUT2D eigenvalue weighted by Gasteiger charge is 2.27. The van der Waals surface area contributed by atoms with Crippen molar-refractivity contribution in [3.05, 3.63) is 54.1 Å². The number of fused-ring (bicyclic) bond motifs is 3. The van der Waals surface area contributed by atoms with Gasteiger partial charge in [-0.2, -0.15) is 0 Å². The predicted octanol–water partition coefficient (Wildman–Crippen LogP) is 2.34. The molecule has 6 heteroatoms. The molecule has 1 aliphatic heterocycles. The Labute approximate surface area is 139 Å². The third-order valence-corrected chi connectivity index (χ3v) is 3.85. The number of benzene rings is 2. The van der Waals surface area contributed by atoms with Gasteiger partial charge in [0.2, 0.25) is 5.95 Å². The van der Waals surface area contributed by atoms with E-state index in [-0.39, 0.29) is 12.8 Å². The highest BCUT2D eigenvalue weighted by atomic mass is 16.5. The van der Waals surface area contributed by atoms with Crippen molar-refractivity contribution < 1.29 is 4.74 Å². The van der Waals surface area contributed by atoms with Gasteiger partial charge < -0.3 is 10.5 Å². The molecule has 1 atom stereocenters. The summed E-state index contributed by atoms with van der Waals surface area (Å²) < 4.78 is 7.68. The number of hydrogen-bond donors (Lipinski definition) is 2. The van der Waals surface area contributed by atoms with E-state index >= 15 is 0 Å². The van der Waals surface area contributed by atoms with Crippen LogP contribution in [0.25, 0.3) is 11.0 Å². The SMILES string of the molecule is C#CCOc1ccccc1[C@@H]1N=C(N)Nc2nc3ccccc3n21. The Morgan fingerprint density at radius 1 is 1.21 bits per heavy atom. The van der Waals surface area contributed by atoms with E-state index in [4.69, 9.17) is 16.9 Å². The van der Waals surface area contributed by atoms with Crippen molar-refractivity contribution in [1.29, 1.82) is 0 Å². The minimum Gasteiger partial charge on any atom is -0.481 e. The van der Waals surface area contributed by atoms with Crippen LogP contribution in [0.1, 0.15) is 11.7 Å². The number of imidazole rings is 1. The number of nitrogens with two attached hydrogens (primary N) is 1. The molecule has 3 aromatic rings. The van der Waals surface area contributed by atoms with Gasteiger partial charge in [-0.3, -0.25) is 9.88 Å². The van der Waals surface area contributed by atoms with Crippen molar-refractivity contribution in [3.63, 3.8) is 0 Å². The molecule has 0 spiro atoms. The molecule has 0 aliphatic carbocycles. The van der Waals surface area contributed by atoms with E-state index in [0.717, 1.165) is 16.6 Å². The molecule has 2 aromatic carbocycles. The van der Waals surface area contributed by atoms with Gasteiger partial charge in [0, 0.05) is 5.56 Å². The maximum Gasteiger partial charge on any atom is 0.212 e. The normalized spacial score (nSPS) is 16.0. The Morgan fingerprint density at radius 2 is 2.00 bits per heavy atom. The van der Waals surface area contributed by atoms with Crippen LogP contribution in [0.3, 0.4) is 0 Å². The maximum atomic E-state index is 5.96. The second-order valence-electron chi connectivity index (χ2n) is 5.34. The number of nitrogens with zero attached hydrogens (tertiary/aromatic N) is 3. The molecule has 0 fully saturated rings. The average Bonchev–Trinajstić information content (AvgIpc) is 2.97. The number of nitrogens with one attached hydrogen (secondary N) is 1. The number of para-hydroxylation sites is 3. The van der Waals surface area contributed by atoms with Gasteiger partial charge in [-0.25, -0.2) is 9.98 Å². The first-order valence-electron chi connectivity index (χ1n) is 7.50. The number of aromatic nitrogens is 2. The first-order valence-corrected chi connectivity index (χ1v) is 7.50. The van der Waals surface area contributed by atoms with Crippen LogP contribution < -0.4 is 15.8 Å². The molecule has 4 rings (SSSR count). The lowest BCUT2D eigenvalue weighted by molar-refractivity contribution is 0.361. The third-order valence-electron chi connectivity index (χ3n) is 3.85. The summed E-state index contributed by atoms with van der Waals surface area (Å²) in [6.07, 6.45) is 4.94. The van der Waals surface area contributed by atoms with Crippen molar-refractivity contribution >= 4 is 22.9 Å². The molecule has 6 nitrogen and oxygen atoms in total. The number of anilines is 1. The molecule has 3 N–H and O–H groups in total. The highest BCUT2D eigenvalue weighted by Crippen LogP contribution is 2.36. The van der Waals surface area contributed by atoms with Crippen LogP contribution in [0.4, 0.5) is 5.95 Å². The van der Waals surface area contributed by atoms with Crippen molar-refractivity contribution in [2.75, 3.05) is 11.9 Å². The highest BCUT2D eigenvalue weighted by molar-refractivity contribution is 5.94. The molecule has 0 saturated carbocycles. The van der Waals surface area contributed by atoms with E-state index in [1.54, 1.807) is 0 Å². The van der Waals surface area contributed by atoms with Crippen LogP contribution in [0.15, 0.2) is 53.5 Å². The molecule has 118 valence electrons. The van der Waals surface area contributed by atoms with Gasteiger partial charge in [0.05, 0.1) is 11.0 Å². The lowest BCUT2D eigenvalue weighted by atomic mass is 10.1. The number of guanidine groups is 1. The summed E-state index contributed by atoms with van der Waals surface area (Å²) in [5.41, 5.74) is 8.68. The van der Waals surface area contributed by atoms with E-state index in [0.29, 0.717) is 17.7 Å². The predicted molar refractivity (Wildman–Crippen MR) is 93.9 cm³/mol. The van der Waals surface area contributed by atoms with Crippen molar-refractivity contribution in [2.24, 2.45) is 10.7 Å². The zero-order chi connectivity index (χ0) is 16.5. The molecule has 0 radical (unpaired) electrons. The minimum atomic E-state index is -0.373. The summed E-state index contributed by atoms with van der Waals surface area (Å²) in [5, 5.41) is 3.02. The zero-order valence-corrected chi connectivity index (χ0v) is 12.8. The van der Waals surface area contributed by atoms with Crippen LogP contribution >= 0.6 is 0 Å². The molecular weight excluding hydrogens is 302 g/mol. The fourth-order valence-corrected chi connectivity index (χ4v) is 2.87. The first-order chi connectivity index (χ1) is 11.8. The van der Waals surface area contributed by atoms with Gasteiger partial charge in [-0.15, -0.1) is 6.42 Å². The van der Waals surface area contributed by atoms with Crippen molar-refractivity contribution in [2.45, 2.75) is 6.17 Å². The number of terminal acetylenes is 1. The monoisotopic (exact) mass is 317 g/mol. The van der Waals surface area contributed by atoms with Crippen LogP contribution in [0, 0.1) is 12.3 Å². The topological polar surface area (TPSA) is 77.5 Å². The standard InChI is InChI=1S/C18H15N5O/c1-2-11-24-15-10-6-3-7-12(15)16-21-17(19)22-18-20-13-8-4-5-9-14(13)23(16)18/h1,3-10,16H,11H2,(H3,19,20,21,22)/t16-/m1/s1. The molecule has 0 unspecified atom stereocenters. The Bertz CT molecular complexity index is 982. The van der Waals surface area contributed by atoms with Gasteiger partial charge in [-0.1, -0.05) is 36.3 Å². The van der Waals surface area contributed by atoms with E-state index in [2.05, 4.69) is 21.2 Å². The van der Waals surface area contributed by atoms with Gasteiger partial charge in [-0.05, 0) is 18.2 Å². The summed E-state index contributed by atoms with van der Waals surface area (Å²) in [6.45, 7) is 0.193. The fourth-order valence-electron chi connectivity index (χ4n) is 2.87. The molecule has 2 heterocycles. The average molecular weight is 317 g/mol. The third kappa shape index (κ3) is 2.23. The number of aliphatic imine (C=N–C) groups is 1. The lowest BCUT2D eigenvalue weighted by Gasteiger charge is -2.25. The van der Waals surface area contributed by atoms with Crippen LogP contribution in [0.2, 0.25) is 0 Å². The van der Waals surface area contributed by atoms with Crippen molar-refractivity contribution in [3.8, 4) is 18.1 Å². The Kier molecular flexibility index (Phi) is 3.32. The summed E-state index contributed by atoms with van der Waals surface area (Å²) in [5.74, 6) is 4.14. The number of ether oxygens (including phenoxy) is 1. The minimum absolute atomic E-state index is 0.193. The van der Waals surface area contributed by atoms with Gasteiger partial charge in [0.15, 0.2) is 12.1 Å². The van der Waals surface area contributed by atoms with E-state index in [1.807, 2.05) is 53.1 Å². The molecule has 1 aliphatic rings. The van der Waals surface area contributed by atoms with Gasteiger partial charge in [0.25, 0.3) is 0 Å². The van der Waals surface area contributed by atoms with Crippen molar-refractivity contribution in [1.82, 2.24) is 9.55 Å². The molecular formula is C18H15N5O. The smallest absolute Gasteiger partial charge is 0.212 e. The second kappa shape index (κ2) is 5.63. The number of hydrogen-bond acceptors (Lipinski definition) is 5. The summed E-state index contributed by atoms with van der Waals surface area (Å²) in [6, 6.07) is 15.5. The van der Waals surface area contributed by atoms with E-state index < -0.39 is 0 Å². The molecule has 24 heavy (non-hydrogen) atoms. The molecule has 0 bridgehead atoms. The van der Waals surface area contributed by atoms with E-state index in [1.165, 1.54) is 0 Å². The lowest BCUT2D eigenvalue weighted by Crippen LogP contribution is -2.31. The zero-order valence-electron chi connectivity index (χ0n) is 12.8. The van der Waals surface area contributed by atoms with Gasteiger partial charge >= 0.3 is 0 Å². The first kappa shape index (κ1) is 14.2. The summed E-state index contributed by atoms with van der Waals surface area (Å²) in [4.78, 5) is 9.15. The quantitative estimate of drug-likeness (QED) is 0.727. The van der Waals surface area contributed by atoms with Crippen LogP contribution in [-0.2, 0) is 0 Å². The second-order valence-corrected chi connectivity index (χ2v) is 5.34. The Hall–Kier alpha value is -3.46. The fraction of sp³-hybridized carbons (Fsp3) is 0.111. The van der Waals surface area contributed by atoms with E-state index in [9.17, 15) is 0 Å². The Morgan fingerprint density at radius 3 is 2.88 bits per heavy atom. The molecule has 0 amide bonds.